The van der Waals surface area contributed by atoms with Crippen LogP contribution in [0.2, 0.25) is 0 Å². The fourth-order valence-corrected chi connectivity index (χ4v) is 0. The quantitative estimate of drug-likeness (QED) is 0.221. The van der Waals surface area contributed by atoms with Crippen molar-refractivity contribution in [2.45, 2.75) is 0 Å². The van der Waals surface area contributed by atoms with Gasteiger partial charge in [0.2, 0.25) is 0 Å². The van der Waals surface area contributed by atoms with E-state index in [2.05, 4.69) is 0 Å². The van der Waals surface area contributed by atoms with Crippen molar-refractivity contribution in [2.75, 3.05) is 0 Å². The van der Waals surface area contributed by atoms with Crippen LogP contribution in [0, 0.1) is 0 Å². The number of rotatable bonds is 0. The van der Waals surface area contributed by atoms with E-state index < -0.39 is 7.82 Å². The number of halogens is 1. The van der Waals surface area contributed by atoms with E-state index in [-0.39, 0.29) is 23.6 Å². The van der Waals surface area contributed by atoms with E-state index in [9.17, 15) is 0 Å². The zero-order valence-corrected chi connectivity index (χ0v) is 4.47. The molecule has 0 amide bonds. The summed E-state index contributed by atoms with van der Waals surface area (Å²) in [4.78, 5) is 21.6. The van der Waals surface area contributed by atoms with Crippen LogP contribution in [0.3, 0.4) is 0 Å². The van der Waals surface area contributed by atoms with Gasteiger partial charge in [0.25, 0.3) is 0 Å². The first-order valence-electron chi connectivity index (χ1n) is 0.783. The Morgan fingerprint density at radius 1 is 1.14 bits per heavy atom. The van der Waals surface area contributed by atoms with Crippen molar-refractivity contribution in [1.82, 2.24) is 0 Å². The van der Waals surface area contributed by atoms with Gasteiger partial charge < -0.3 is 19.4 Å². The molecule has 4 nitrogen and oxygen atoms in total. The Kier molecular flexibility index (Phi) is 10.7. The first-order valence-corrected chi connectivity index (χ1v) is 2.35. The van der Waals surface area contributed by atoms with Gasteiger partial charge in [-0.05, 0) is 0 Å². The zero-order valence-electron chi connectivity index (χ0n) is 3.58. The Bertz CT molecular complexity index is 57.8. The van der Waals surface area contributed by atoms with E-state index in [1.807, 2.05) is 0 Å². The second-order valence-corrected chi connectivity index (χ2v) is 1.54. The molecule has 7 heavy (non-hydrogen) atoms. The van der Waals surface area contributed by atoms with Crippen LogP contribution in [0.4, 0.5) is 0 Å². The van der Waals surface area contributed by atoms with Crippen LogP contribution < -0.4 is 23.6 Å². The van der Waals surface area contributed by atoms with Crippen molar-refractivity contribution in [2.24, 2.45) is 0 Å². The van der Waals surface area contributed by atoms with Crippen LogP contribution >= 0.6 is 7.82 Å². The van der Waals surface area contributed by atoms with Gasteiger partial charge in [0.05, 0.1) is 0 Å². The summed E-state index contributed by atoms with van der Waals surface area (Å²) in [5.74, 6) is 0. The van der Waals surface area contributed by atoms with Crippen molar-refractivity contribution in [1.29, 1.82) is 0 Å². The van der Waals surface area contributed by atoms with E-state index >= 15 is 0 Å². The van der Waals surface area contributed by atoms with Crippen LogP contribution in [-0.2, 0) is 4.57 Å². The Labute approximate surface area is 51.3 Å². The molecule has 0 aromatic rings. The van der Waals surface area contributed by atoms with Crippen molar-refractivity contribution in [3.8, 4) is 0 Å². The molecule has 0 saturated carbocycles. The SMILES string of the molecule is O=P(O)(O)O.[F-].[Li+]. The molecule has 0 aliphatic rings. The van der Waals surface area contributed by atoms with Crippen molar-refractivity contribution in [3.63, 3.8) is 0 Å². The Hall–Kier alpha value is 0.637. The molecular weight excluding hydrogens is 121 g/mol. The first-order chi connectivity index (χ1) is 2.00. The largest absolute Gasteiger partial charge is 1.00 e. The minimum Gasteiger partial charge on any atom is -1.00 e. The maximum atomic E-state index is 8.88. The van der Waals surface area contributed by atoms with Crippen LogP contribution in [0.1, 0.15) is 0 Å². The summed E-state index contributed by atoms with van der Waals surface area (Å²) in [5, 5.41) is 0. The van der Waals surface area contributed by atoms with E-state index in [1.54, 1.807) is 0 Å². The molecule has 0 aromatic carbocycles. The van der Waals surface area contributed by atoms with E-state index in [0.29, 0.717) is 0 Å². The monoisotopic (exact) mass is 124 g/mol. The third-order valence-electron chi connectivity index (χ3n) is 0. The molecule has 0 rings (SSSR count). The van der Waals surface area contributed by atoms with Crippen LogP contribution in [0.15, 0.2) is 0 Å². The van der Waals surface area contributed by atoms with Crippen LogP contribution in [0.25, 0.3) is 0 Å². The van der Waals surface area contributed by atoms with Gasteiger partial charge in [0.1, 0.15) is 0 Å². The van der Waals surface area contributed by atoms with Gasteiger partial charge >= 0.3 is 26.7 Å². The smallest absolute Gasteiger partial charge is 1.00 e. The summed E-state index contributed by atoms with van der Waals surface area (Å²) >= 11 is 0. The average molecular weight is 124 g/mol. The van der Waals surface area contributed by atoms with Gasteiger partial charge in [-0.1, -0.05) is 0 Å². The summed E-state index contributed by atoms with van der Waals surface area (Å²) < 4.78 is 8.88. The number of hydrogen-bond donors (Lipinski definition) is 3. The minimum atomic E-state index is -4.64. The minimum absolute atomic E-state index is 0. The average Bonchev–Trinajstić information content (AvgIpc) is 0.722. The molecule has 0 aliphatic carbocycles. The van der Waals surface area contributed by atoms with Crippen molar-refractivity contribution < 1.29 is 42.8 Å². The summed E-state index contributed by atoms with van der Waals surface area (Å²) in [7, 11) is -4.64. The molecule has 40 valence electrons. The van der Waals surface area contributed by atoms with Gasteiger partial charge in [-0.25, -0.2) is 4.57 Å². The Morgan fingerprint density at radius 2 is 1.14 bits per heavy atom. The zero-order chi connectivity index (χ0) is 4.50. The van der Waals surface area contributed by atoms with Crippen molar-refractivity contribution in [3.05, 3.63) is 0 Å². The molecule has 0 fully saturated rings. The molecule has 7 heteroatoms. The topological polar surface area (TPSA) is 77.8 Å². The van der Waals surface area contributed by atoms with Gasteiger partial charge in [-0.15, -0.1) is 0 Å². The molecule has 0 saturated heterocycles. The number of hydrogen-bond acceptors (Lipinski definition) is 1. The second kappa shape index (κ2) is 4.79. The molecular formula is H3FLiO4P. The third-order valence-corrected chi connectivity index (χ3v) is 0. The maximum absolute atomic E-state index is 8.88. The summed E-state index contributed by atoms with van der Waals surface area (Å²) in [6.45, 7) is 0. The fourth-order valence-electron chi connectivity index (χ4n) is 0. The predicted molar refractivity (Wildman–Crippen MR) is 14.3 cm³/mol. The molecule has 0 aliphatic heterocycles. The van der Waals surface area contributed by atoms with Gasteiger partial charge in [0.15, 0.2) is 0 Å². The fraction of sp³-hybridized carbons (Fsp3) is 0. The molecule has 0 radical (unpaired) electrons. The Balaban J connectivity index is -0.0000000800. The van der Waals surface area contributed by atoms with Crippen LogP contribution in [0.5, 0.6) is 0 Å². The molecule has 0 aromatic heterocycles. The normalized spacial score (nSPS) is 8.43. The van der Waals surface area contributed by atoms with E-state index in [1.165, 1.54) is 0 Å². The molecule has 0 spiro atoms. The molecule has 3 N–H and O–H groups in total. The first kappa shape index (κ1) is 15.6. The second-order valence-electron chi connectivity index (χ2n) is 0.513. The standard InChI is InChI=1S/FH.Li.H3O4P/c;;1-5(2,3)4/h1H;;(H3,1,2,3,4)/q;+1;/p-1. The number of phosphoric acid groups is 1. The third kappa shape index (κ3) is 351. The predicted octanol–water partition coefficient (Wildman–Crippen LogP) is -6.92. The molecule has 0 heterocycles. The van der Waals surface area contributed by atoms with Gasteiger partial charge in [-0.3, -0.25) is 0 Å². The summed E-state index contributed by atoms with van der Waals surface area (Å²) in [6.07, 6.45) is 0. The van der Waals surface area contributed by atoms with E-state index in [4.69, 9.17) is 19.2 Å². The maximum Gasteiger partial charge on any atom is 1.00 e. The van der Waals surface area contributed by atoms with Crippen molar-refractivity contribution >= 4 is 7.82 Å². The molecule has 0 unspecified atom stereocenters. The molecule has 0 bridgehead atoms. The van der Waals surface area contributed by atoms with E-state index in [0.717, 1.165) is 0 Å². The Morgan fingerprint density at radius 3 is 1.14 bits per heavy atom. The van der Waals surface area contributed by atoms with Crippen LogP contribution in [-0.4, -0.2) is 14.7 Å². The molecule has 0 atom stereocenters. The van der Waals surface area contributed by atoms with Gasteiger partial charge in [0, 0.05) is 0 Å². The summed E-state index contributed by atoms with van der Waals surface area (Å²) in [6, 6.07) is 0. The summed E-state index contributed by atoms with van der Waals surface area (Å²) in [5.41, 5.74) is 0. The van der Waals surface area contributed by atoms with Gasteiger partial charge in [-0.2, -0.15) is 0 Å².